The second-order valence-corrected chi connectivity index (χ2v) is 5.07. The molecule has 0 fully saturated rings. The van der Waals surface area contributed by atoms with E-state index in [0.29, 0.717) is 5.52 Å². The van der Waals surface area contributed by atoms with Gasteiger partial charge in [0, 0.05) is 5.69 Å². The van der Waals surface area contributed by atoms with Crippen molar-refractivity contribution in [2.45, 2.75) is 20.0 Å². The molecule has 2 aromatic carbocycles. The van der Waals surface area contributed by atoms with Crippen molar-refractivity contribution in [1.82, 2.24) is 9.55 Å². The third-order valence-corrected chi connectivity index (χ3v) is 3.13. The number of hydrogen-bond acceptors (Lipinski definition) is 3. The summed E-state index contributed by atoms with van der Waals surface area (Å²) in [5, 5.41) is 0. The van der Waals surface area contributed by atoms with Crippen LogP contribution in [0, 0.1) is 5.82 Å². The van der Waals surface area contributed by atoms with Gasteiger partial charge in [-0.1, -0.05) is 6.07 Å². The molecule has 5 heteroatoms. The topological polar surface area (TPSA) is 53.1 Å². The standard InChI is InChI=1S/C16H16FN3O/c1-10(2)21-12-8-6-11(7-9-12)20-14-5-3-4-13(17)15(14)19-16(20)18/h3-10H,1-2H3,(H2,18,19). The second kappa shape index (κ2) is 5.09. The van der Waals surface area contributed by atoms with E-state index in [9.17, 15) is 4.39 Å². The third-order valence-electron chi connectivity index (χ3n) is 3.13. The Balaban J connectivity index is 2.08. The predicted octanol–water partition coefficient (Wildman–Crippen LogP) is 3.53. The van der Waals surface area contributed by atoms with Crippen LogP contribution in [0.5, 0.6) is 5.75 Å². The quantitative estimate of drug-likeness (QED) is 0.801. The maximum absolute atomic E-state index is 13.8. The Kier molecular flexibility index (Phi) is 3.25. The molecule has 0 aliphatic carbocycles. The first-order valence-corrected chi connectivity index (χ1v) is 6.76. The largest absolute Gasteiger partial charge is 0.491 e. The second-order valence-electron chi connectivity index (χ2n) is 5.07. The van der Waals surface area contributed by atoms with Crippen LogP contribution < -0.4 is 10.5 Å². The van der Waals surface area contributed by atoms with Crippen molar-refractivity contribution >= 4 is 17.0 Å². The Morgan fingerprint density at radius 3 is 2.52 bits per heavy atom. The lowest BCUT2D eigenvalue weighted by atomic mass is 10.2. The average Bonchev–Trinajstić information content (AvgIpc) is 2.77. The molecule has 0 aliphatic rings. The highest BCUT2D eigenvalue weighted by Gasteiger charge is 2.13. The Hall–Kier alpha value is -2.56. The molecule has 0 atom stereocenters. The average molecular weight is 285 g/mol. The number of nitrogens with two attached hydrogens (primary N) is 1. The van der Waals surface area contributed by atoms with Gasteiger partial charge in [0.25, 0.3) is 0 Å². The fourth-order valence-corrected chi connectivity index (χ4v) is 2.30. The summed E-state index contributed by atoms with van der Waals surface area (Å²) in [5.41, 5.74) is 7.66. The molecule has 4 nitrogen and oxygen atoms in total. The lowest BCUT2D eigenvalue weighted by molar-refractivity contribution is 0.242. The molecular weight excluding hydrogens is 269 g/mol. The third kappa shape index (κ3) is 2.42. The van der Waals surface area contributed by atoms with Crippen LogP contribution in [0.2, 0.25) is 0 Å². The number of halogens is 1. The maximum atomic E-state index is 13.8. The van der Waals surface area contributed by atoms with Crippen LogP contribution in [0.1, 0.15) is 13.8 Å². The summed E-state index contributed by atoms with van der Waals surface area (Å²) in [6, 6.07) is 12.3. The summed E-state index contributed by atoms with van der Waals surface area (Å²) in [5.74, 6) is 0.660. The molecule has 1 aromatic heterocycles. The number of nitrogens with zero attached hydrogens (tertiary/aromatic N) is 2. The summed E-state index contributed by atoms with van der Waals surface area (Å²) in [7, 11) is 0. The number of rotatable bonds is 3. The number of anilines is 1. The monoisotopic (exact) mass is 285 g/mol. The number of nitrogen functional groups attached to an aromatic ring is 1. The van der Waals surface area contributed by atoms with Crippen molar-refractivity contribution in [2.75, 3.05) is 5.73 Å². The predicted molar refractivity (Wildman–Crippen MR) is 81.2 cm³/mol. The number of imidazole rings is 1. The van der Waals surface area contributed by atoms with Gasteiger partial charge in [-0.3, -0.25) is 4.57 Å². The number of ether oxygens (including phenoxy) is 1. The lowest BCUT2D eigenvalue weighted by Gasteiger charge is -2.11. The van der Waals surface area contributed by atoms with Gasteiger partial charge in [0.1, 0.15) is 11.3 Å². The number of hydrogen-bond donors (Lipinski definition) is 1. The van der Waals surface area contributed by atoms with Crippen molar-refractivity contribution in [3.63, 3.8) is 0 Å². The van der Waals surface area contributed by atoms with Gasteiger partial charge < -0.3 is 10.5 Å². The lowest BCUT2D eigenvalue weighted by Crippen LogP contribution is -2.05. The normalized spacial score (nSPS) is 11.2. The van der Waals surface area contributed by atoms with Gasteiger partial charge >= 0.3 is 0 Å². The van der Waals surface area contributed by atoms with Crippen LogP contribution in [0.15, 0.2) is 42.5 Å². The molecule has 0 radical (unpaired) electrons. The van der Waals surface area contributed by atoms with Crippen molar-refractivity contribution in [2.24, 2.45) is 0 Å². The minimum Gasteiger partial charge on any atom is -0.491 e. The summed E-state index contributed by atoms with van der Waals surface area (Å²) in [6.07, 6.45) is 0.115. The van der Waals surface area contributed by atoms with Gasteiger partial charge in [-0.25, -0.2) is 9.37 Å². The molecule has 3 rings (SSSR count). The molecule has 2 N–H and O–H groups in total. The van der Waals surface area contributed by atoms with Crippen molar-refractivity contribution in [3.05, 3.63) is 48.3 Å². The number of para-hydroxylation sites is 1. The van der Waals surface area contributed by atoms with Crippen LogP contribution in [-0.2, 0) is 0 Å². The molecule has 0 saturated carbocycles. The summed E-state index contributed by atoms with van der Waals surface area (Å²) >= 11 is 0. The van der Waals surface area contributed by atoms with E-state index < -0.39 is 0 Å². The first kappa shape index (κ1) is 13.4. The molecule has 0 unspecified atom stereocenters. The zero-order chi connectivity index (χ0) is 15.0. The Morgan fingerprint density at radius 2 is 1.86 bits per heavy atom. The van der Waals surface area contributed by atoms with Crippen LogP contribution in [0.3, 0.4) is 0 Å². The first-order chi connectivity index (χ1) is 10.1. The van der Waals surface area contributed by atoms with E-state index >= 15 is 0 Å². The summed E-state index contributed by atoms with van der Waals surface area (Å²) in [6.45, 7) is 3.94. The van der Waals surface area contributed by atoms with Crippen molar-refractivity contribution in [3.8, 4) is 11.4 Å². The van der Waals surface area contributed by atoms with E-state index in [1.54, 1.807) is 16.7 Å². The molecule has 1 heterocycles. The van der Waals surface area contributed by atoms with E-state index in [1.807, 2.05) is 38.1 Å². The smallest absolute Gasteiger partial charge is 0.206 e. The van der Waals surface area contributed by atoms with Gasteiger partial charge in [0.05, 0.1) is 11.6 Å². The summed E-state index contributed by atoms with van der Waals surface area (Å²) in [4.78, 5) is 4.09. The van der Waals surface area contributed by atoms with Crippen LogP contribution >= 0.6 is 0 Å². The van der Waals surface area contributed by atoms with Gasteiger partial charge in [-0.2, -0.15) is 0 Å². The van der Waals surface area contributed by atoms with E-state index in [0.717, 1.165) is 11.4 Å². The minimum atomic E-state index is -0.377. The molecule has 0 aliphatic heterocycles. The molecule has 3 aromatic rings. The zero-order valence-electron chi connectivity index (χ0n) is 11.9. The fourth-order valence-electron chi connectivity index (χ4n) is 2.30. The Bertz CT molecular complexity index is 778. The van der Waals surface area contributed by atoms with Crippen molar-refractivity contribution in [1.29, 1.82) is 0 Å². The zero-order valence-corrected chi connectivity index (χ0v) is 11.9. The molecule has 0 saturated heterocycles. The fraction of sp³-hybridized carbons (Fsp3) is 0.188. The van der Waals surface area contributed by atoms with E-state index in [4.69, 9.17) is 10.5 Å². The number of benzene rings is 2. The number of aromatic nitrogens is 2. The SMILES string of the molecule is CC(C)Oc1ccc(-n2c(N)nc3c(F)cccc32)cc1. The highest BCUT2D eigenvalue weighted by Crippen LogP contribution is 2.26. The Morgan fingerprint density at radius 1 is 1.14 bits per heavy atom. The maximum Gasteiger partial charge on any atom is 0.206 e. The van der Waals surface area contributed by atoms with Gasteiger partial charge in [-0.05, 0) is 50.2 Å². The van der Waals surface area contributed by atoms with E-state index in [2.05, 4.69) is 4.98 Å². The molecule has 108 valence electrons. The highest BCUT2D eigenvalue weighted by atomic mass is 19.1. The van der Waals surface area contributed by atoms with Gasteiger partial charge in [0.2, 0.25) is 5.95 Å². The van der Waals surface area contributed by atoms with Gasteiger partial charge in [0.15, 0.2) is 5.82 Å². The molecule has 21 heavy (non-hydrogen) atoms. The molecule has 0 spiro atoms. The van der Waals surface area contributed by atoms with Crippen LogP contribution in [0.4, 0.5) is 10.3 Å². The molecule has 0 bridgehead atoms. The highest BCUT2D eigenvalue weighted by molar-refractivity contribution is 5.81. The van der Waals surface area contributed by atoms with Crippen LogP contribution in [-0.4, -0.2) is 15.7 Å². The van der Waals surface area contributed by atoms with Gasteiger partial charge in [-0.15, -0.1) is 0 Å². The first-order valence-electron chi connectivity index (χ1n) is 6.76. The van der Waals surface area contributed by atoms with E-state index in [1.165, 1.54) is 6.07 Å². The minimum absolute atomic E-state index is 0.115. The number of fused-ring (bicyclic) bond motifs is 1. The Labute approximate surface area is 122 Å². The molecular formula is C16H16FN3O. The van der Waals surface area contributed by atoms with Crippen LogP contribution in [0.25, 0.3) is 16.7 Å². The van der Waals surface area contributed by atoms with Crippen molar-refractivity contribution < 1.29 is 9.13 Å². The summed E-state index contributed by atoms with van der Waals surface area (Å²) < 4.78 is 21.1. The van der Waals surface area contributed by atoms with E-state index in [-0.39, 0.29) is 23.4 Å². The molecule has 0 amide bonds.